The summed E-state index contributed by atoms with van der Waals surface area (Å²) < 4.78 is 11.6. The van der Waals surface area contributed by atoms with Crippen molar-refractivity contribution >= 4 is 23.3 Å². The van der Waals surface area contributed by atoms with Crippen molar-refractivity contribution in [1.29, 1.82) is 0 Å². The van der Waals surface area contributed by atoms with Crippen LogP contribution in [0, 0.1) is 5.92 Å². The second kappa shape index (κ2) is 9.21. The molecule has 1 fully saturated rings. The van der Waals surface area contributed by atoms with Crippen molar-refractivity contribution in [2.75, 3.05) is 31.2 Å². The van der Waals surface area contributed by atoms with Gasteiger partial charge in [-0.05, 0) is 81.8 Å². The predicted molar refractivity (Wildman–Crippen MR) is 120 cm³/mol. The van der Waals surface area contributed by atoms with Gasteiger partial charge in [-0.25, -0.2) is 4.99 Å². The summed E-state index contributed by atoms with van der Waals surface area (Å²) in [6.07, 6.45) is 4.62. The molecule has 1 aromatic carbocycles. The average molecular weight is 429 g/mol. The van der Waals surface area contributed by atoms with Crippen LogP contribution < -0.4 is 9.64 Å². The second-order valence-corrected chi connectivity index (χ2v) is 9.07. The van der Waals surface area contributed by atoms with Gasteiger partial charge in [-0.15, -0.1) is 10.2 Å². The Bertz CT molecular complexity index is 860. The van der Waals surface area contributed by atoms with Crippen LogP contribution in [0.2, 0.25) is 5.15 Å². The van der Waals surface area contributed by atoms with Gasteiger partial charge in [0.05, 0.1) is 12.1 Å². The van der Waals surface area contributed by atoms with Gasteiger partial charge < -0.3 is 14.4 Å². The molecule has 0 atom stereocenters. The standard InChI is InChI=1S/C23H29ClN4O2/c1-23(2)16-30-22(25-23)18-5-7-19(8-6-18)29-15-3-4-17-11-13-28(14-12-17)21-10-9-20(24)26-27-21/h5-10,17H,3-4,11-16H2,1-2H3. The highest BCUT2D eigenvalue weighted by atomic mass is 35.5. The first-order valence-corrected chi connectivity index (χ1v) is 11.1. The summed E-state index contributed by atoms with van der Waals surface area (Å²) in [4.78, 5) is 6.90. The Hall–Kier alpha value is -2.34. The normalized spacial score (nSPS) is 18.8. The highest BCUT2D eigenvalue weighted by Crippen LogP contribution is 2.26. The lowest BCUT2D eigenvalue weighted by atomic mass is 9.92. The van der Waals surface area contributed by atoms with Crippen LogP contribution in [0.1, 0.15) is 45.1 Å². The van der Waals surface area contributed by atoms with Crippen LogP contribution in [0.25, 0.3) is 0 Å². The summed E-state index contributed by atoms with van der Waals surface area (Å²) in [7, 11) is 0. The quantitative estimate of drug-likeness (QED) is 0.595. The van der Waals surface area contributed by atoms with Gasteiger partial charge in [-0.1, -0.05) is 11.6 Å². The van der Waals surface area contributed by atoms with Gasteiger partial charge in [0.1, 0.15) is 12.4 Å². The molecule has 6 nitrogen and oxygen atoms in total. The Morgan fingerprint density at radius 3 is 2.50 bits per heavy atom. The van der Waals surface area contributed by atoms with Gasteiger partial charge in [-0.2, -0.15) is 0 Å². The molecular weight excluding hydrogens is 400 g/mol. The van der Waals surface area contributed by atoms with E-state index >= 15 is 0 Å². The molecule has 2 aromatic rings. The molecule has 0 saturated carbocycles. The molecular formula is C23H29ClN4O2. The van der Waals surface area contributed by atoms with Crippen molar-refractivity contribution < 1.29 is 9.47 Å². The zero-order valence-electron chi connectivity index (χ0n) is 17.7. The monoisotopic (exact) mass is 428 g/mol. The van der Waals surface area contributed by atoms with Crippen LogP contribution in [0.4, 0.5) is 5.82 Å². The Balaban J connectivity index is 1.16. The van der Waals surface area contributed by atoms with Gasteiger partial charge in [0.15, 0.2) is 11.0 Å². The van der Waals surface area contributed by atoms with Crippen molar-refractivity contribution in [3.05, 3.63) is 47.1 Å². The number of aromatic nitrogens is 2. The van der Waals surface area contributed by atoms with Gasteiger partial charge in [0.2, 0.25) is 5.90 Å². The molecule has 3 heterocycles. The third-order valence-corrected chi connectivity index (χ3v) is 5.85. The Kier molecular flexibility index (Phi) is 6.42. The first-order valence-electron chi connectivity index (χ1n) is 10.7. The van der Waals surface area contributed by atoms with E-state index in [0.29, 0.717) is 11.8 Å². The molecule has 0 spiro atoms. The Labute approximate surface area is 183 Å². The van der Waals surface area contributed by atoms with Crippen molar-refractivity contribution in [3.8, 4) is 5.75 Å². The fourth-order valence-corrected chi connectivity index (χ4v) is 4.02. The van der Waals surface area contributed by atoms with E-state index in [1.807, 2.05) is 30.3 Å². The van der Waals surface area contributed by atoms with E-state index < -0.39 is 0 Å². The van der Waals surface area contributed by atoms with Gasteiger partial charge in [0.25, 0.3) is 0 Å². The highest BCUT2D eigenvalue weighted by Gasteiger charge is 2.27. The minimum Gasteiger partial charge on any atom is -0.494 e. The van der Waals surface area contributed by atoms with Crippen LogP contribution in [-0.2, 0) is 4.74 Å². The van der Waals surface area contributed by atoms with Crippen LogP contribution in [0.3, 0.4) is 0 Å². The van der Waals surface area contributed by atoms with E-state index in [0.717, 1.165) is 55.1 Å². The van der Waals surface area contributed by atoms with E-state index in [1.54, 1.807) is 6.07 Å². The zero-order valence-corrected chi connectivity index (χ0v) is 18.4. The Morgan fingerprint density at radius 1 is 1.10 bits per heavy atom. The molecule has 2 aliphatic rings. The minimum absolute atomic E-state index is 0.136. The number of anilines is 1. The number of hydrogen-bond acceptors (Lipinski definition) is 6. The summed E-state index contributed by atoms with van der Waals surface area (Å²) in [6, 6.07) is 11.8. The molecule has 0 bridgehead atoms. The lowest BCUT2D eigenvalue weighted by molar-refractivity contribution is 0.278. The van der Waals surface area contributed by atoms with Gasteiger partial charge in [-0.3, -0.25) is 0 Å². The fraction of sp³-hybridized carbons (Fsp3) is 0.522. The van der Waals surface area contributed by atoms with E-state index in [9.17, 15) is 0 Å². The molecule has 0 amide bonds. The number of ether oxygens (including phenoxy) is 2. The van der Waals surface area contributed by atoms with E-state index in [-0.39, 0.29) is 5.54 Å². The smallest absolute Gasteiger partial charge is 0.216 e. The molecule has 0 unspecified atom stereocenters. The van der Waals surface area contributed by atoms with Crippen LogP contribution >= 0.6 is 11.6 Å². The number of halogens is 1. The summed E-state index contributed by atoms with van der Waals surface area (Å²) in [5, 5.41) is 8.56. The fourth-order valence-electron chi connectivity index (χ4n) is 3.92. The third-order valence-electron chi connectivity index (χ3n) is 5.65. The zero-order chi connectivity index (χ0) is 21.0. The van der Waals surface area contributed by atoms with Crippen LogP contribution in [0.5, 0.6) is 5.75 Å². The minimum atomic E-state index is -0.136. The summed E-state index contributed by atoms with van der Waals surface area (Å²) in [6.45, 7) is 7.57. The molecule has 2 aliphatic heterocycles. The number of benzene rings is 1. The number of nitrogens with zero attached hydrogens (tertiary/aromatic N) is 4. The summed E-state index contributed by atoms with van der Waals surface area (Å²) in [5.74, 6) is 3.28. The topological polar surface area (TPSA) is 59.8 Å². The lowest BCUT2D eigenvalue weighted by Gasteiger charge is -2.32. The SMILES string of the molecule is CC1(C)COC(c2ccc(OCCCC3CCN(c4ccc(Cl)nn4)CC3)cc2)=N1. The number of aliphatic imine (C=N–C) groups is 1. The number of rotatable bonds is 7. The summed E-state index contributed by atoms with van der Waals surface area (Å²) >= 11 is 5.82. The van der Waals surface area contributed by atoms with E-state index in [1.165, 1.54) is 19.3 Å². The number of hydrogen-bond donors (Lipinski definition) is 0. The number of piperidine rings is 1. The molecule has 0 N–H and O–H groups in total. The van der Waals surface area contributed by atoms with Gasteiger partial charge in [0, 0.05) is 18.7 Å². The second-order valence-electron chi connectivity index (χ2n) is 8.68. The van der Waals surface area contributed by atoms with Crippen LogP contribution in [-0.4, -0.2) is 47.9 Å². The molecule has 1 saturated heterocycles. The molecule has 0 aliphatic carbocycles. The first kappa shape index (κ1) is 20.9. The molecule has 0 radical (unpaired) electrons. The van der Waals surface area contributed by atoms with Crippen molar-refractivity contribution in [3.63, 3.8) is 0 Å². The molecule has 30 heavy (non-hydrogen) atoms. The maximum atomic E-state index is 5.94. The van der Waals surface area contributed by atoms with E-state index in [2.05, 4.69) is 33.9 Å². The predicted octanol–water partition coefficient (Wildman–Crippen LogP) is 4.76. The Morgan fingerprint density at radius 2 is 1.87 bits per heavy atom. The van der Waals surface area contributed by atoms with Crippen molar-refractivity contribution in [2.24, 2.45) is 10.9 Å². The maximum Gasteiger partial charge on any atom is 0.216 e. The molecule has 1 aromatic heterocycles. The summed E-state index contributed by atoms with van der Waals surface area (Å²) in [5.41, 5.74) is 0.869. The lowest BCUT2D eigenvalue weighted by Crippen LogP contribution is -2.34. The molecule has 7 heteroatoms. The van der Waals surface area contributed by atoms with Crippen LogP contribution in [0.15, 0.2) is 41.4 Å². The van der Waals surface area contributed by atoms with Gasteiger partial charge >= 0.3 is 0 Å². The van der Waals surface area contributed by atoms with Crippen molar-refractivity contribution in [2.45, 2.75) is 45.1 Å². The average Bonchev–Trinajstić information content (AvgIpc) is 3.12. The first-order chi connectivity index (χ1) is 14.5. The molecule has 4 rings (SSSR count). The maximum absolute atomic E-state index is 5.94. The largest absolute Gasteiger partial charge is 0.494 e. The van der Waals surface area contributed by atoms with Crippen molar-refractivity contribution in [1.82, 2.24) is 10.2 Å². The molecule has 160 valence electrons. The highest BCUT2D eigenvalue weighted by molar-refractivity contribution is 6.29. The third kappa shape index (κ3) is 5.42. The van der Waals surface area contributed by atoms with E-state index in [4.69, 9.17) is 21.1 Å².